The van der Waals surface area contributed by atoms with Crippen molar-refractivity contribution in [2.45, 2.75) is 51.2 Å². The van der Waals surface area contributed by atoms with Crippen LogP contribution in [0.15, 0.2) is 72.8 Å². The first-order chi connectivity index (χ1) is 21.8. The van der Waals surface area contributed by atoms with Gasteiger partial charge in [-0.1, -0.05) is 60.1 Å². The Bertz CT molecular complexity index is 1690. The van der Waals surface area contributed by atoms with Gasteiger partial charge in [0.25, 0.3) is 5.91 Å². The predicted molar refractivity (Wildman–Crippen MR) is 173 cm³/mol. The van der Waals surface area contributed by atoms with Gasteiger partial charge in [-0.3, -0.25) is 14.4 Å². The number of carbonyl (C=O) groups excluding carboxylic acids is 3. The highest BCUT2D eigenvalue weighted by Gasteiger charge is 2.30. The second-order valence-electron chi connectivity index (χ2n) is 12.1. The third kappa shape index (κ3) is 6.79. The number of hydrogen-bond donors (Lipinski definition) is 4. The Morgan fingerprint density at radius 2 is 1.62 bits per heavy atom. The minimum atomic E-state index is -0.526. The summed E-state index contributed by atoms with van der Waals surface area (Å²) in [6, 6.07) is 21.9. The van der Waals surface area contributed by atoms with E-state index < -0.39 is 11.9 Å². The molecule has 2 heterocycles. The van der Waals surface area contributed by atoms with Gasteiger partial charge in [-0.2, -0.15) is 0 Å². The number of nitrogens with one attached hydrogen (secondary N) is 2. The number of amides is 3. The molecule has 3 aromatic carbocycles. The quantitative estimate of drug-likeness (QED) is 0.203. The van der Waals surface area contributed by atoms with Crippen LogP contribution >= 0.6 is 11.6 Å². The van der Waals surface area contributed by atoms with Gasteiger partial charge in [-0.15, -0.1) is 0 Å². The van der Waals surface area contributed by atoms with Crippen molar-refractivity contribution in [3.05, 3.63) is 112 Å². The van der Waals surface area contributed by atoms with E-state index in [0.29, 0.717) is 65.3 Å². The molecule has 1 aliphatic heterocycles. The number of primary amides is 1. The van der Waals surface area contributed by atoms with Gasteiger partial charge in [0.1, 0.15) is 16.7 Å². The van der Waals surface area contributed by atoms with Crippen LogP contribution in [0.2, 0.25) is 5.15 Å². The Morgan fingerprint density at radius 3 is 2.27 bits per heavy atom. The molecule has 9 nitrogen and oxygen atoms in total. The van der Waals surface area contributed by atoms with Crippen LogP contribution in [0.25, 0.3) is 11.3 Å². The molecular weight excluding hydrogens is 588 g/mol. The van der Waals surface area contributed by atoms with Gasteiger partial charge in [0, 0.05) is 35.7 Å². The van der Waals surface area contributed by atoms with Crippen LogP contribution in [0, 0.1) is 11.8 Å². The van der Waals surface area contributed by atoms with E-state index in [4.69, 9.17) is 28.1 Å². The molecule has 1 aromatic heterocycles. The highest BCUT2D eigenvalue weighted by molar-refractivity contribution is 6.31. The summed E-state index contributed by atoms with van der Waals surface area (Å²) in [4.78, 5) is 48.5. The van der Waals surface area contributed by atoms with Crippen LogP contribution < -0.4 is 16.8 Å². The van der Waals surface area contributed by atoms with Crippen molar-refractivity contribution in [3.8, 4) is 11.3 Å². The monoisotopic (exact) mass is 624 g/mol. The molecule has 6 N–H and O–H groups in total. The Hall–Kier alpha value is -4.47. The van der Waals surface area contributed by atoms with Gasteiger partial charge in [-0.05, 0) is 85.5 Å². The number of aromatic amines is 1. The first-order valence-corrected chi connectivity index (χ1v) is 15.8. The minimum Gasteiger partial charge on any atom is -0.366 e. The van der Waals surface area contributed by atoms with E-state index in [0.717, 1.165) is 31.2 Å². The fraction of sp³-hybridized carbons (Fsp3) is 0.314. The van der Waals surface area contributed by atoms with Crippen LogP contribution in [-0.4, -0.2) is 39.1 Å². The molecule has 232 valence electrons. The van der Waals surface area contributed by atoms with Crippen molar-refractivity contribution < 1.29 is 14.4 Å². The maximum absolute atomic E-state index is 13.6. The number of nitrogens with zero attached hydrogens (tertiary/aromatic N) is 2. The molecule has 6 rings (SSSR count). The van der Waals surface area contributed by atoms with Gasteiger partial charge in [-0.25, -0.2) is 4.98 Å². The summed E-state index contributed by atoms with van der Waals surface area (Å²) in [5.41, 5.74) is 16.7. The molecule has 1 unspecified atom stereocenters. The van der Waals surface area contributed by atoms with Crippen molar-refractivity contribution in [1.82, 2.24) is 20.2 Å². The minimum absolute atomic E-state index is 0.0302. The fourth-order valence-corrected chi connectivity index (χ4v) is 6.66. The molecule has 10 heteroatoms. The first-order valence-electron chi connectivity index (χ1n) is 15.4. The van der Waals surface area contributed by atoms with E-state index >= 15 is 0 Å². The molecule has 1 saturated carbocycles. The molecule has 0 bridgehead atoms. The van der Waals surface area contributed by atoms with Crippen LogP contribution in [0.3, 0.4) is 0 Å². The Balaban J connectivity index is 1.25. The van der Waals surface area contributed by atoms with Crippen molar-refractivity contribution >= 4 is 29.3 Å². The van der Waals surface area contributed by atoms with E-state index in [1.165, 1.54) is 11.1 Å². The largest absolute Gasteiger partial charge is 0.366 e. The van der Waals surface area contributed by atoms with E-state index in [1.807, 2.05) is 41.3 Å². The number of hydrogen-bond acceptors (Lipinski definition) is 5. The summed E-state index contributed by atoms with van der Waals surface area (Å²) in [7, 11) is 0. The van der Waals surface area contributed by atoms with Crippen molar-refractivity contribution in [3.63, 3.8) is 0 Å². The summed E-state index contributed by atoms with van der Waals surface area (Å²) in [5, 5.41) is 3.55. The maximum Gasteiger partial charge on any atom is 0.254 e. The van der Waals surface area contributed by atoms with Gasteiger partial charge >= 0.3 is 0 Å². The van der Waals surface area contributed by atoms with Crippen LogP contribution in [0.1, 0.15) is 75.0 Å². The van der Waals surface area contributed by atoms with Crippen molar-refractivity contribution in [2.75, 3.05) is 6.54 Å². The molecular formula is C35H37ClN6O3. The zero-order chi connectivity index (χ0) is 31.5. The third-order valence-corrected chi connectivity index (χ3v) is 9.33. The summed E-state index contributed by atoms with van der Waals surface area (Å²) in [6.45, 7) is 1.81. The lowest BCUT2D eigenvalue weighted by Gasteiger charge is -2.28. The van der Waals surface area contributed by atoms with Gasteiger partial charge in [0.05, 0.1) is 6.04 Å². The zero-order valence-corrected chi connectivity index (χ0v) is 25.7. The standard InChI is InChI=1S/C35H37ClN6O3/c36-31-30(23-12-14-24(15-13-23)32(38)43)40-33(41-31)29(39-34(44)25-10-8-21(18-37)9-11-25)17-22-4-3-7-26(16-22)35(45)42-19-27-5-1-2-6-28(27)20-42/h1-7,12-16,21,25,29H,8-11,17-20,37H2,(H2,38,43)(H,39,44)(H,40,41). The van der Waals surface area contributed by atoms with Gasteiger partial charge in [0.2, 0.25) is 11.8 Å². The number of benzene rings is 3. The summed E-state index contributed by atoms with van der Waals surface area (Å²) < 4.78 is 0. The summed E-state index contributed by atoms with van der Waals surface area (Å²) in [5.74, 6) is 0.274. The number of aromatic nitrogens is 2. The van der Waals surface area contributed by atoms with Crippen molar-refractivity contribution in [2.24, 2.45) is 23.3 Å². The predicted octanol–water partition coefficient (Wildman–Crippen LogP) is 5.15. The maximum atomic E-state index is 13.6. The smallest absolute Gasteiger partial charge is 0.254 e. The van der Waals surface area contributed by atoms with E-state index in [2.05, 4.69) is 22.4 Å². The zero-order valence-electron chi connectivity index (χ0n) is 25.0. The fourth-order valence-electron chi connectivity index (χ4n) is 6.41. The van der Waals surface area contributed by atoms with E-state index in [9.17, 15) is 14.4 Å². The van der Waals surface area contributed by atoms with Crippen molar-refractivity contribution in [1.29, 1.82) is 0 Å². The number of rotatable bonds is 9. The number of H-pyrrole nitrogens is 1. The molecule has 0 saturated heterocycles. The molecule has 45 heavy (non-hydrogen) atoms. The molecule has 1 aliphatic carbocycles. The average molecular weight is 625 g/mol. The lowest BCUT2D eigenvalue weighted by molar-refractivity contribution is -0.127. The highest BCUT2D eigenvalue weighted by Crippen LogP contribution is 2.32. The SMILES string of the molecule is NCC1CCC(C(=O)NC(Cc2cccc(C(=O)N3Cc4ccccc4C3)c2)c2nc(-c3ccc(C(N)=O)cc3)c(Cl)[nH]2)CC1. The highest BCUT2D eigenvalue weighted by atomic mass is 35.5. The molecule has 2 aliphatic rings. The molecule has 3 amide bonds. The second-order valence-corrected chi connectivity index (χ2v) is 12.5. The molecule has 0 radical (unpaired) electrons. The summed E-state index contributed by atoms with van der Waals surface area (Å²) >= 11 is 6.64. The topological polar surface area (TPSA) is 147 Å². The Kier molecular flexibility index (Phi) is 9.00. The van der Waals surface area contributed by atoms with Crippen LogP contribution in [0.5, 0.6) is 0 Å². The molecule has 1 atom stereocenters. The number of halogens is 1. The van der Waals surface area contributed by atoms with E-state index in [1.54, 1.807) is 24.3 Å². The molecule has 1 fully saturated rings. The number of nitrogens with two attached hydrogens (primary N) is 2. The Labute approximate surface area is 267 Å². The normalized spacial score (nSPS) is 18.3. The number of imidazole rings is 1. The average Bonchev–Trinajstić information content (AvgIpc) is 3.68. The summed E-state index contributed by atoms with van der Waals surface area (Å²) in [6.07, 6.45) is 3.84. The lowest BCUT2D eigenvalue weighted by atomic mass is 9.81. The van der Waals surface area contributed by atoms with Crippen LogP contribution in [0.4, 0.5) is 0 Å². The van der Waals surface area contributed by atoms with Gasteiger partial charge < -0.3 is 26.7 Å². The van der Waals surface area contributed by atoms with Gasteiger partial charge in [0.15, 0.2) is 0 Å². The lowest BCUT2D eigenvalue weighted by Crippen LogP contribution is -2.37. The van der Waals surface area contributed by atoms with Crippen LogP contribution in [-0.2, 0) is 24.3 Å². The first kappa shape index (κ1) is 30.6. The second kappa shape index (κ2) is 13.3. The number of carbonyl (C=O) groups is 3. The molecule has 4 aromatic rings. The number of fused-ring (bicyclic) bond motifs is 1. The Morgan fingerprint density at radius 1 is 0.933 bits per heavy atom. The van der Waals surface area contributed by atoms with E-state index in [-0.39, 0.29) is 17.7 Å². The molecule has 0 spiro atoms. The third-order valence-electron chi connectivity index (χ3n) is 9.06.